The molecule has 0 bridgehead atoms. The van der Waals surface area contributed by atoms with Crippen LogP contribution in [0.15, 0.2) is 27.9 Å². The van der Waals surface area contributed by atoms with Crippen LogP contribution in [0.2, 0.25) is 0 Å². The molecule has 0 aliphatic carbocycles. The molecule has 1 saturated heterocycles. The van der Waals surface area contributed by atoms with Crippen LogP contribution in [0.5, 0.6) is 0 Å². The summed E-state index contributed by atoms with van der Waals surface area (Å²) in [6, 6.07) is 2.88. The van der Waals surface area contributed by atoms with E-state index in [0.717, 1.165) is 18.7 Å². The third kappa shape index (κ3) is 2.91. The zero-order chi connectivity index (χ0) is 17.3. The Morgan fingerprint density at radius 2 is 2.17 bits per heavy atom. The van der Waals surface area contributed by atoms with Crippen molar-refractivity contribution in [2.75, 3.05) is 13.1 Å². The zero-order valence-corrected chi connectivity index (χ0v) is 13.9. The summed E-state index contributed by atoms with van der Waals surface area (Å²) in [5.74, 6) is 0.667. The van der Waals surface area contributed by atoms with Gasteiger partial charge in [-0.05, 0) is 25.8 Å². The third-order valence-electron chi connectivity index (χ3n) is 4.46. The fourth-order valence-corrected chi connectivity index (χ4v) is 3.22. The normalized spacial score (nSPS) is 17.9. The topological polar surface area (TPSA) is 93.0 Å². The van der Waals surface area contributed by atoms with Gasteiger partial charge in [0.1, 0.15) is 5.82 Å². The van der Waals surface area contributed by atoms with Gasteiger partial charge in [0.25, 0.3) is 5.91 Å². The number of aryl methyl sites for hydroxylation is 1. The van der Waals surface area contributed by atoms with Crippen molar-refractivity contribution in [3.8, 4) is 0 Å². The molecule has 1 amide bonds. The van der Waals surface area contributed by atoms with E-state index < -0.39 is 0 Å². The molecule has 1 fully saturated rings. The van der Waals surface area contributed by atoms with Gasteiger partial charge in [0.2, 0.25) is 5.56 Å². The highest BCUT2D eigenvalue weighted by molar-refractivity contribution is 5.93. The summed E-state index contributed by atoms with van der Waals surface area (Å²) in [7, 11) is 1.64. The van der Waals surface area contributed by atoms with Gasteiger partial charge < -0.3 is 9.88 Å². The van der Waals surface area contributed by atoms with Crippen molar-refractivity contribution in [2.24, 2.45) is 7.05 Å². The number of piperidine rings is 1. The van der Waals surface area contributed by atoms with Gasteiger partial charge >= 0.3 is 5.69 Å². The first-order valence-electron chi connectivity index (χ1n) is 8.13. The van der Waals surface area contributed by atoms with Gasteiger partial charge in [-0.25, -0.2) is 9.48 Å². The monoisotopic (exact) mass is 331 g/mol. The van der Waals surface area contributed by atoms with Crippen LogP contribution in [0.25, 0.3) is 0 Å². The van der Waals surface area contributed by atoms with Crippen LogP contribution in [-0.4, -0.2) is 43.2 Å². The number of carbonyl (C=O) groups is 1. The minimum atomic E-state index is -0.233. The third-order valence-corrected chi connectivity index (χ3v) is 4.46. The first kappa shape index (κ1) is 16.2. The lowest BCUT2D eigenvalue weighted by Crippen LogP contribution is -2.40. The van der Waals surface area contributed by atoms with E-state index in [-0.39, 0.29) is 23.1 Å². The standard InChI is InChI=1S/C16H21N5O3/c1-3-21-14(18-19(2)16(21)24)12-5-4-8-20(10-12)15(23)11-6-7-13(22)17-9-11/h6-7,9,12H,3-5,8,10H2,1-2H3,(H,17,22)/t12-/m1/s1. The molecule has 3 heterocycles. The summed E-state index contributed by atoms with van der Waals surface area (Å²) in [4.78, 5) is 40.1. The van der Waals surface area contributed by atoms with Crippen LogP contribution in [-0.2, 0) is 13.6 Å². The molecule has 0 radical (unpaired) electrons. The van der Waals surface area contributed by atoms with Crippen LogP contribution >= 0.6 is 0 Å². The molecule has 128 valence electrons. The van der Waals surface area contributed by atoms with Crippen molar-refractivity contribution in [1.82, 2.24) is 24.2 Å². The van der Waals surface area contributed by atoms with Crippen molar-refractivity contribution in [3.63, 3.8) is 0 Å². The summed E-state index contributed by atoms with van der Waals surface area (Å²) < 4.78 is 3.01. The number of aromatic amines is 1. The zero-order valence-electron chi connectivity index (χ0n) is 13.9. The molecule has 2 aromatic rings. The molecule has 1 atom stereocenters. The smallest absolute Gasteiger partial charge is 0.338 e. The van der Waals surface area contributed by atoms with Crippen molar-refractivity contribution in [3.05, 3.63) is 50.6 Å². The fraction of sp³-hybridized carbons (Fsp3) is 0.500. The van der Waals surface area contributed by atoms with E-state index in [1.165, 1.54) is 23.0 Å². The molecule has 0 unspecified atom stereocenters. The Morgan fingerprint density at radius 1 is 1.38 bits per heavy atom. The number of aromatic nitrogens is 4. The molecule has 0 saturated carbocycles. The van der Waals surface area contributed by atoms with E-state index in [2.05, 4.69) is 10.1 Å². The second-order valence-corrected chi connectivity index (χ2v) is 6.04. The summed E-state index contributed by atoms with van der Waals surface area (Å²) in [5, 5.41) is 4.36. The van der Waals surface area contributed by atoms with Crippen LogP contribution < -0.4 is 11.2 Å². The molecule has 0 spiro atoms. The van der Waals surface area contributed by atoms with Crippen molar-refractivity contribution >= 4 is 5.91 Å². The Hall–Kier alpha value is -2.64. The van der Waals surface area contributed by atoms with Crippen LogP contribution in [0.3, 0.4) is 0 Å². The number of rotatable bonds is 3. The number of hydrogen-bond donors (Lipinski definition) is 1. The predicted molar refractivity (Wildman–Crippen MR) is 88.1 cm³/mol. The number of amides is 1. The van der Waals surface area contributed by atoms with E-state index in [1.807, 2.05) is 6.92 Å². The maximum absolute atomic E-state index is 12.6. The van der Waals surface area contributed by atoms with Crippen molar-refractivity contribution in [2.45, 2.75) is 32.2 Å². The molecule has 1 aliphatic rings. The molecule has 1 N–H and O–H groups in total. The van der Waals surface area contributed by atoms with E-state index >= 15 is 0 Å². The van der Waals surface area contributed by atoms with E-state index in [1.54, 1.807) is 16.5 Å². The van der Waals surface area contributed by atoms with E-state index in [0.29, 0.717) is 25.2 Å². The Kier molecular flexibility index (Phi) is 4.37. The Labute approximate surface area is 138 Å². The van der Waals surface area contributed by atoms with Crippen LogP contribution in [0.1, 0.15) is 41.9 Å². The van der Waals surface area contributed by atoms with E-state index in [4.69, 9.17) is 0 Å². The average molecular weight is 331 g/mol. The lowest BCUT2D eigenvalue weighted by Gasteiger charge is -2.32. The number of nitrogens with zero attached hydrogens (tertiary/aromatic N) is 4. The Bertz CT molecular complexity index is 843. The van der Waals surface area contributed by atoms with Gasteiger partial charge in [-0.3, -0.25) is 14.2 Å². The average Bonchev–Trinajstić information content (AvgIpc) is 2.89. The lowest BCUT2D eigenvalue weighted by molar-refractivity contribution is 0.0702. The van der Waals surface area contributed by atoms with Crippen LogP contribution in [0.4, 0.5) is 0 Å². The van der Waals surface area contributed by atoms with E-state index in [9.17, 15) is 14.4 Å². The van der Waals surface area contributed by atoms with Crippen LogP contribution in [0, 0.1) is 0 Å². The Morgan fingerprint density at radius 3 is 2.83 bits per heavy atom. The first-order chi connectivity index (χ1) is 11.5. The predicted octanol–water partition coefficient (Wildman–Crippen LogP) is 0.310. The second-order valence-electron chi connectivity index (χ2n) is 6.04. The second kappa shape index (κ2) is 6.46. The van der Waals surface area contributed by atoms with Gasteiger partial charge in [0.05, 0.1) is 5.56 Å². The molecule has 8 nitrogen and oxygen atoms in total. The summed E-state index contributed by atoms with van der Waals surface area (Å²) in [6.07, 6.45) is 3.19. The number of pyridine rings is 1. The molecule has 0 aromatic carbocycles. The maximum Gasteiger partial charge on any atom is 0.345 e. The van der Waals surface area contributed by atoms with Gasteiger partial charge in [-0.2, -0.15) is 5.10 Å². The number of H-pyrrole nitrogens is 1. The number of carbonyl (C=O) groups excluding carboxylic acids is 1. The highest BCUT2D eigenvalue weighted by Crippen LogP contribution is 2.26. The summed E-state index contributed by atoms with van der Waals surface area (Å²) in [6.45, 7) is 3.66. The molecular formula is C16H21N5O3. The van der Waals surface area contributed by atoms with Gasteiger partial charge in [-0.15, -0.1) is 0 Å². The highest BCUT2D eigenvalue weighted by Gasteiger charge is 2.29. The highest BCUT2D eigenvalue weighted by atomic mass is 16.2. The molecule has 1 aliphatic heterocycles. The van der Waals surface area contributed by atoms with Gasteiger partial charge in [-0.1, -0.05) is 0 Å². The number of likely N-dealkylation sites (tertiary alicyclic amines) is 1. The number of nitrogens with one attached hydrogen (secondary N) is 1. The molecule has 3 rings (SSSR count). The van der Waals surface area contributed by atoms with Crippen molar-refractivity contribution < 1.29 is 4.79 Å². The maximum atomic E-state index is 12.6. The molecular weight excluding hydrogens is 310 g/mol. The largest absolute Gasteiger partial charge is 0.345 e. The Balaban J connectivity index is 1.83. The minimum absolute atomic E-state index is 0.0410. The molecule has 2 aromatic heterocycles. The summed E-state index contributed by atoms with van der Waals surface area (Å²) >= 11 is 0. The van der Waals surface area contributed by atoms with Gasteiger partial charge in [0.15, 0.2) is 0 Å². The summed E-state index contributed by atoms with van der Waals surface area (Å²) in [5.41, 5.74) is 0.101. The lowest BCUT2D eigenvalue weighted by atomic mass is 9.96. The van der Waals surface area contributed by atoms with Crippen molar-refractivity contribution in [1.29, 1.82) is 0 Å². The fourth-order valence-electron chi connectivity index (χ4n) is 3.22. The first-order valence-corrected chi connectivity index (χ1v) is 8.13. The molecule has 8 heteroatoms. The quantitative estimate of drug-likeness (QED) is 0.876. The number of hydrogen-bond acceptors (Lipinski definition) is 4. The minimum Gasteiger partial charge on any atom is -0.338 e. The molecule has 24 heavy (non-hydrogen) atoms. The SMILES string of the molecule is CCn1c([C@@H]2CCCN(C(=O)c3ccc(=O)[nH]c3)C2)nn(C)c1=O. The van der Waals surface area contributed by atoms with Gasteiger partial charge in [0, 0.05) is 44.9 Å².